The van der Waals surface area contributed by atoms with Crippen LogP contribution in [0.15, 0.2) is 54.2 Å². The Hall–Kier alpha value is -3.23. The standard InChI is InChI=1S/C19H15N3O4S/c23-7-6-22-17(25)10-15(19(22)26)20-12-4-5-14-16(9-12)27-18(21-14)11-2-1-3-13(24)8-11/h1-5,8-10,20,23-24H,6-7H2. The number of rotatable bonds is 5. The zero-order valence-electron chi connectivity index (χ0n) is 14.0. The monoisotopic (exact) mass is 381 g/mol. The lowest BCUT2D eigenvalue weighted by atomic mass is 10.2. The Labute approximate surface area is 158 Å². The van der Waals surface area contributed by atoms with Crippen molar-refractivity contribution in [2.45, 2.75) is 0 Å². The molecule has 0 atom stereocenters. The van der Waals surface area contributed by atoms with Gasteiger partial charge in [0.2, 0.25) is 0 Å². The number of phenolic OH excluding ortho intramolecular Hbond substituents is 1. The number of nitrogens with one attached hydrogen (secondary N) is 1. The molecular weight excluding hydrogens is 366 g/mol. The van der Waals surface area contributed by atoms with Gasteiger partial charge in [-0.05, 0) is 30.3 Å². The maximum absolute atomic E-state index is 12.2. The third-order valence-electron chi connectivity index (χ3n) is 4.09. The average molecular weight is 381 g/mol. The fraction of sp³-hybridized carbons (Fsp3) is 0.105. The number of imide groups is 1. The minimum atomic E-state index is -0.459. The number of aromatic nitrogens is 1. The van der Waals surface area contributed by atoms with Gasteiger partial charge < -0.3 is 15.5 Å². The molecule has 0 fully saturated rings. The molecule has 136 valence electrons. The number of aromatic hydroxyl groups is 1. The van der Waals surface area contributed by atoms with Crippen molar-refractivity contribution >= 4 is 39.1 Å². The molecule has 0 unspecified atom stereocenters. The molecule has 2 heterocycles. The van der Waals surface area contributed by atoms with Gasteiger partial charge in [0.25, 0.3) is 11.8 Å². The molecule has 1 aliphatic rings. The summed E-state index contributed by atoms with van der Waals surface area (Å²) in [6.07, 6.45) is 1.23. The molecule has 0 bridgehead atoms. The number of hydrogen-bond acceptors (Lipinski definition) is 7. The molecule has 4 rings (SSSR count). The van der Waals surface area contributed by atoms with Gasteiger partial charge in [-0.2, -0.15) is 0 Å². The highest BCUT2D eigenvalue weighted by molar-refractivity contribution is 7.21. The van der Waals surface area contributed by atoms with E-state index in [0.29, 0.717) is 5.69 Å². The van der Waals surface area contributed by atoms with Crippen molar-refractivity contribution in [1.82, 2.24) is 9.88 Å². The summed E-state index contributed by atoms with van der Waals surface area (Å²) in [5.41, 5.74) is 2.45. The number of fused-ring (bicyclic) bond motifs is 1. The Balaban J connectivity index is 1.60. The summed E-state index contributed by atoms with van der Waals surface area (Å²) in [7, 11) is 0. The number of aliphatic hydroxyl groups is 1. The van der Waals surface area contributed by atoms with Crippen molar-refractivity contribution in [2.24, 2.45) is 0 Å². The van der Waals surface area contributed by atoms with E-state index < -0.39 is 11.8 Å². The minimum Gasteiger partial charge on any atom is -0.508 e. The lowest BCUT2D eigenvalue weighted by Crippen LogP contribution is -2.34. The maximum atomic E-state index is 12.2. The van der Waals surface area contributed by atoms with Gasteiger partial charge in [0.05, 0.1) is 23.4 Å². The smallest absolute Gasteiger partial charge is 0.277 e. The van der Waals surface area contributed by atoms with Gasteiger partial charge in [0.15, 0.2) is 0 Å². The second-order valence-electron chi connectivity index (χ2n) is 5.95. The number of anilines is 1. The van der Waals surface area contributed by atoms with Crippen molar-refractivity contribution in [1.29, 1.82) is 0 Å². The number of carbonyl (C=O) groups excluding carboxylic acids is 2. The van der Waals surface area contributed by atoms with Gasteiger partial charge in [-0.3, -0.25) is 14.5 Å². The molecule has 0 aliphatic carbocycles. The van der Waals surface area contributed by atoms with Crippen molar-refractivity contribution in [3.8, 4) is 16.3 Å². The van der Waals surface area contributed by atoms with Gasteiger partial charge in [-0.15, -0.1) is 11.3 Å². The third kappa shape index (κ3) is 3.27. The van der Waals surface area contributed by atoms with E-state index in [1.165, 1.54) is 17.4 Å². The predicted molar refractivity (Wildman–Crippen MR) is 102 cm³/mol. The van der Waals surface area contributed by atoms with Crippen LogP contribution in [-0.4, -0.2) is 45.1 Å². The largest absolute Gasteiger partial charge is 0.508 e. The molecule has 0 saturated heterocycles. The number of β-amino-alcohol motifs (C(OH)–C–C–N with tert-alkyl or cyclic N) is 1. The Morgan fingerprint density at radius 1 is 1.15 bits per heavy atom. The third-order valence-corrected chi connectivity index (χ3v) is 5.16. The van der Waals surface area contributed by atoms with Crippen molar-refractivity contribution in [2.75, 3.05) is 18.5 Å². The van der Waals surface area contributed by atoms with Crippen LogP contribution >= 0.6 is 11.3 Å². The first-order valence-corrected chi connectivity index (χ1v) is 9.02. The van der Waals surface area contributed by atoms with Crippen molar-refractivity contribution < 1.29 is 19.8 Å². The van der Waals surface area contributed by atoms with E-state index in [0.717, 1.165) is 25.7 Å². The van der Waals surface area contributed by atoms with Crippen LogP contribution in [0.4, 0.5) is 5.69 Å². The molecule has 0 spiro atoms. The number of amides is 2. The van der Waals surface area contributed by atoms with Gasteiger partial charge in [0.1, 0.15) is 16.5 Å². The highest BCUT2D eigenvalue weighted by atomic mass is 32.1. The summed E-state index contributed by atoms with van der Waals surface area (Å²) in [5, 5.41) is 22.3. The van der Waals surface area contributed by atoms with Gasteiger partial charge >= 0.3 is 0 Å². The van der Waals surface area contributed by atoms with E-state index in [-0.39, 0.29) is 24.6 Å². The summed E-state index contributed by atoms with van der Waals surface area (Å²) in [4.78, 5) is 29.6. The van der Waals surface area contributed by atoms with Crippen LogP contribution in [0, 0.1) is 0 Å². The summed E-state index contributed by atoms with van der Waals surface area (Å²) in [5.74, 6) is -0.724. The van der Waals surface area contributed by atoms with Crippen LogP contribution in [-0.2, 0) is 9.59 Å². The van der Waals surface area contributed by atoms with E-state index >= 15 is 0 Å². The highest BCUT2D eigenvalue weighted by Crippen LogP contribution is 2.33. The number of hydrogen-bond donors (Lipinski definition) is 3. The topological polar surface area (TPSA) is 103 Å². The average Bonchev–Trinajstić information content (AvgIpc) is 3.18. The summed E-state index contributed by atoms with van der Waals surface area (Å²) < 4.78 is 0.905. The Morgan fingerprint density at radius 2 is 2.00 bits per heavy atom. The Bertz CT molecular complexity index is 1090. The fourth-order valence-electron chi connectivity index (χ4n) is 2.83. The molecular formula is C19H15N3O4S. The van der Waals surface area contributed by atoms with Crippen LogP contribution in [0.3, 0.4) is 0 Å². The molecule has 2 amide bonds. The Morgan fingerprint density at radius 3 is 2.78 bits per heavy atom. The molecule has 7 nitrogen and oxygen atoms in total. The first-order chi connectivity index (χ1) is 13.0. The van der Waals surface area contributed by atoms with Crippen molar-refractivity contribution in [3.05, 3.63) is 54.2 Å². The summed E-state index contributed by atoms with van der Waals surface area (Å²) >= 11 is 1.46. The first-order valence-electron chi connectivity index (χ1n) is 8.20. The van der Waals surface area contributed by atoms with Crippen LogP contribution in [0.2, 0.25) is 0 Å². The summed E-state index contributed by atoms with van der Waals surface area (Å²) in [6, 6.07) is 12.4. The predicted octanol–water partition coefficient (Wildman–Crippen LogP) is 2.33. The molecule has 2 aromatic carbocycles. The molecule has 27 heavy (non-hydrogen) atoms. The lowest BCUT2D eigenvalue weighted by Gasteiger charge is -2.13. The second-order valence-corrected chi connectivity index (χ2v) is 6.98. The maximum Gasteiger partial charge on any atom is 0.277 e. The van der Waals surface area contributed by atoms with Crippen LogP contribution < -0.4 is 5.32 Å². The number of nitrogens with zero attached hydrogens (tertiary/aromatic N) is 2. The molecule has 1 aliphatic heterocycles. The van der Waals surface area contributed by atoms with Crippen LogP contribution in [0.1, 0.15) is 0 Å². The van der Waals surface area contributed by atoms with E-state index in [1.54, 1.807) is 24.3 Å². The zero-order chi connectivity index (χ0) is 19.0. The van der Waals surface area contributed by atoms with Gasteiger partial charge in [0, 0.05) is 17.3 Å². The normalized spacial score (nSPS) is 14.1. The number of thiazole rings is 1. The lowest BCUT2D eigenvalue weighted by molar-refractivity contribution is -0.137. The molecule has 0 saturated carbocycles. The quantitative estimate of drug-likeness (QED) is 0.586. The van der Waals surface area contributed by atoms with E-state index in [4.69, 9.17) is 5.11 Å². The Kier molecular flexibility index (Phi) is 4.35. The van der Waals surface area contributed by atoms with E-state index in [1.807, 2.05) is 18.2 Å². The van der Waals surface area contributed by atoms with Gasteiger partial charge in [-0.25, -0.2) is 4.98 Å². The van der Waals surface area contributed by atoms with E-state index in [9.17, 15) is 14.7 Å². The zero-order valence-corrected chi connectivity index (χ0v) is 14.9. The fourth-order valence-corrected chi connectivity index (χ4v) is 3.83. The second kappa shape index (κ2) is 6.82. The van der Waals surface area contributed by atoms with E-state index in [2.05, 4.69) is 10.3 Å². The van der Waals surface area contributed by atoms with Crippen LogP contribution in [0.5, 0.6) is 5.75 Å². The molecule has 1 aromatic heterocycles. The molecule has 8 heteroatoms. The molecule has 3 N–H and O–H groups in total. The highest BCUT2D eigenvalue weighted by Gasteiger charge is 2.30. The SMILES string of the molecule is O=C1C=C(Nc2ccc3nc(-c4cccc(O)c4)sc3c2)C(=O)N1CCO. The number of phenols is 1. The molecule has 0 radical (unpaired) electrons. The summed E-state index contributed by atoms with van der Waals surface area (Å²) in [6.45, 7) is -0.302. The number of carbonyl (C=O) groups is 2. The van der Waals surface area contributed by atoms with Gasteiger partial charge in [-0.1, -0.05) is 12.1 Å². The minimum absolute atomic E-state index is 0.0273. The van der Waals surface area contributed by atoms with Crippen molar-refractivity contribution in [3.63, 3.8) is 0 Å². The number of benzene rings is 2. The molecule has 3 aromatic rings. The van der Waals surface area contributed by atoms with Crippen LogP contribution in [0.25, 0.3) is 20.8 Å². The first kappa shape index (κ1) is 17.2. The number of aliphatic hydroxyl groups excluding tert-OH is 1.